The van der Waals surface area contributed by atoms with Gasteiger partial charge < -0.3 is 25.8 Å². The number of rotatable bonds is 13. The van der Waals surface area contributed by atoms with Crippen LogP contribution in [0.25, 0.3) is 0 Å². The zero-order chi connectivity index (χ0) is 30.8. The monoisotopic (exact) mass is 595 g/mol. The topological polar surface area (TPSA) is 151 Å². The van der Waals surface area contributed by atoms with Crippen molar-refractivity contribution in [1.82, 2.24) is 16.0 Å². The molecule has 11 heteroatoms. The van der Waals surface area contributed by atoms with Gasteiger partial charge in [0.15, 0.2) is 9.84 Å². The number of aliphatic hydroxyl groups is 1. The summed E-state index contributed by atoms with van der Waals surface area (Å²) in [5, 5.41) is 18.4. The molecule has 0 aliphatic heterocycles. The van der Waals surface area contributed by atoms with Crippen molar-refractivity contribution in [2.24, 2.45) is 5.92 Å². The summed E-state index contributed by atoms with van der Waals surface area (Å²) in [5.74, 6) is -1.31. The molecule has 1 fully saturated rings. The molecule has 41 heavy (non-hydrogen) atoms. The van der Waals surface area contributed by atoms with E-state index in [0.717, 1.165) is 37.7 Å². The molecule has 1 aliphatic rings. The number of nitrogens with one attached hydrogen (secondary N) is 3. The second-order valence-corrected chi connectivity index (χ2v) is 15.0. The number of alkyl carbamates (subject to hydrolysis) is 1. The third-order valence-corrected chi connectivity index (χ3v) is 9.51. The highest BCUT2D eigenvalue weighted by molar-refractivity contribution is 7.92. The highest BCUT2D eigenvalue weighted by Gasteiger charge is 2.33. The first-order valence-corrected chi connectivity index (χ1v) is 16.3. The molecule has 1 aromatic carbocycles. The Bertz CT molecular complexity index is 1100. The maximum absolute atomic E-state index is 13.3. The first-order chi connectivity index (χ1) is 19.1. The van der Waals surface area contributed by atoms with Gasteiger partial charge in [0.05, 0.1) is 23.1 Å². The summed E-state index contributed by atoms with van der Waals surface area (Å²) in [7, 11) is -3.55. The van der Waals surface area contributed by atoms with Crippen molar-refractivity contribution in [3.05, 3.63) is 35.9 Å². The Morgan fingerprint density at radius 1 is 0.951 bits per heavy atom. The van der Waals surface area contributed by atoms with Crippen LogP contribution in [0.1, 0.15) is 85.6 Å². The van der Waals surface area contributed by atoms with Crippen LogP contribution < -0.4 is 16.0 Å². The summed E-state index contributed by atoms with van der Waals surface area (Å²) in [6, 6.07) is 6.35. The summed E-state index contributed by atoms with van der Waals surface area (Å²) in [6.45, 7) is 9.79. The molecule has 1 saturated carbocycles. The predicted molar refractivity (Wildman–Crippen MR) is 159 cm³/mol. The van der Waals surface area contributed by atoms with Crippen LogP contribution in [0.3, 0.4) is 0 Å². The third-order valence-electron chi connectivity index (χ3n) is 7.27. The molecule has 0 unspecified atom stereocenters. The summed E-state index contributed by atoms with van der Waals surface area (Å²) in [4.78, 5) is 39.0. The maximum Gasteiger partial charge on any atom is 0.408 e. The van der Waals surface area contributed by atoms with E-state index in [1.54, 1.807) is 34.6 Å². The fraction of sp³-hybridized carbons (Fsp3) is 0.700. The number of amides is 3. The lowest BCUT2D eigenvalue weighted by Crippen LogP contribution is -2.56. The van der Waals surface area contributed by atoms with Gasteiger partial charge in [0.2, 0.25) is 11.8 Å². The van der Waals surface area contributed by atoms with Crippen LogP contribution in [-0.2, 0) is 30.6 Å². The highest BCUT2D eigenvalue weighted by Crippen LogP contribution is 2.28. The second kappa shape index (κ2) is 15.5. The summed E-state index contributed by atoms with van der Waals surface area (Å²) in [6.07, 6.45) is 3.77. The predicted octanol–water partition coefficient (Wildman–Crippen LogP) is 3.27. The molecule has 0 spiro atoms. The fourth-order valence-corrected chi connectivity index (χ4v) is 5.93. The Morgan fingerprint density at radius 2 is 1.56 bits per heavy atom. The molecule has 0 saturated heterocycles. The van der Waals surface area contributed by atoms with Gasteiger partial charge in [0.1, 0.15) is 17.7 Å². The van der Waals surface area contributed by atoms with Gasteiger partial charge in [-0.3, -0.25) is 9.59 Å². The third kappa shape index (κ3) is 12.4. The number of ether oxygens (including phenoxy) is 1. The normalized spacial score (nSPS) is 17.7. The minimum absolute atomic E-state index is 0.177. The summed E-state index contributed by atoms with van der Waals surface area (Å²) >= 11 is 0. The lowest BCUT2D eigenvalue weighted by atomic mass is 9.84. The molecule has 4 atom stereocenters. The minimum Gasteiger partial charge on any atom is -0.444 e. The van der Waals surface area contributed by atoms with Crippen LogP contribution in [-0.4, -0.2) is 72.3 Å². The molecular weight excluding hydrogens is 546 g/mol. The number of carbonyl (C=O) groups is 3. The van der Waals surface area contributed by atoms with Crippen LogP contribution in [0.4, 0.5) is 4.79 Å². The van der Waals surface area contributed by atoms with Gasteiger partial charge in [-0.2, -0.15) is 0 Å². The molecular formula is C30H49N3O7S. The highest BCUT2D eigenvalue weighted by atomic mass is 32.2. The molecule has 10 nitrogen and oxygen atoms in total. The molecule has 0 radical (unpaired) electrons. The van der Waals surface area contributed by atoms with Gasteiger partial charge in [0, 0.05) is 6.42 Å². The van der Waals surface area contributed by atoms with Crippen molar-refractivity contribution in [2.45, 2.75) is 122 Å². The number of carbonyl (C=O) groups excluding carboxylic acids is 3. The average Bonchev–Trinajstić information content (AvgIpc) is 2.87. The number of benzene rings is 1. The Kier molecular flexibility index (Phi) is 13.1. The van der Waals surface area contributed by atoms with Crippen LogP contribution in [0.15, 0.2) is 30.3 Å². The largest absolute Gasteiger partial charge is 0.444 e. The Labute approximate surface area is 245 Å². The molecule has 1 aromatic rings. The quantitative estimate of drug-likeness (QED) is 0.273. The smallest absolute Gasteiger partial charge is 0.408 e. The molecule has 0 aromatic heterocycles. The lowest BCUT2D eigenvalue weighted by Gasteiger charge is -2.31. The van der Waals surface area contributed by atoms with E-state index in [-0.39, 0.29) is 12.3 Å². The Morgan fingerprint density at radius 3 is 2.12 bits per heavy atom. The zero-order valence-electron chi connectivity index (χ0n) is 25.3. The minimum atomic E-state index is -3.55. The SMILES string of the molecule is CC(C)S(=O)(=O)C[C@H](O)[C@H](CC1CCCCC1)NC(=O)[C@H](C)NC(=O)[C@H](Cc1ccccc1)NC(=O)OC(C)(C)C. The van der Waals surface area contributed by atoms with Gasteiger partial charge in [-0.05, 0) is 59.4 Å². The molecule has 1 aliphatic carbocycles. The van der Waals surface area contributed by atoms with Crippen molar-refractivity contribution >= 4 is 27.7 Å². The van der Waals surface area contributed by atoms with Crippen molar-refractivity contribution in [1.29, 1.82) is 0 Å². The van der Waals surface area contributed by atoms with Gasteiger partial charge in [-0.15, -0.1) is 0 Å². The van der Waals surface area contributed by atoms with Crippen LogP contribution >= 0.6 is 0 Å². The van der Waals surface area contributed by atoms with Gasteiger partial charge in [-0.25, -0.2) is 13.2 Å². The fourth-order valence-electron chi connectivity index (χ4n) is 4.84. The van der Waals surface area contributed by atoms with E-state index in [1.807, 2.05) is 30.3 Å². The van der Waals surface area contributed by atoms with E-state index in [0.29, 0.717) is 6.42 Å². The molecule has 2 rings (SSSR count). The van der Waals surface area contributed by atoms with Crippen LogP contribution in [0.5, 0.6) is 0 Å². The Hall–Kier alpha value is -2.66. The number of aliphatic hydroxyl groups excluding tert-OH is 1. The first-order valence-electron chi connectivity index (χ1n) is 14.6. The number of sulfone groups is 1. The zero-order valence-corrected chi connectivity index (χ0v) is 26.1. The van der Waals surface area contributed by atoms with E-state index < -0.39 is 68.6 Å². The first kappa shape index (κ1) is 34.5. The van der Waals surface area contributed by atoms with Crippen molar-refractivity contribution in [2.75, 3.05) is 5.75 Å². The van der Waals surface area contributed by atoms with Gasteiger partial charge >= 0.3 is 6.09 Å². The van der Waals surface area contributed by atoms with Crippen molar-refractivity contribution < 1.29 is 32.6 Å². The van der Waals surface area contributed by atoms with Crippen molar-refractivity contribution in [3.63, 3.8) is 0 Å². The van der Waals surface area contributed by atoms with Crippen molar-refractivity contribution in [3.8, 4) is 0 Å². The van der Waals surface area contributed by atoms with E-state index in [2.05, 4.69) is 16.0 Å². The Balaban J connectivity index is 2.13. The van der Waals surface area contributed by atoms with E-state index in [4.69, 9.17) is 4.74 Å². The van der Waals surface area contributed by atoms with E-state index in [9.17, 15) is 27.9 Å². The van der Waals surface area contributed by atoms with Gasteiger partial charge in [0.25, 0.3) is 0 Å². The molecule has 0 bridgehead atoms. The average molecular weight is 596 g/mol. The molecule has 4 N–H and O–H groups in total. The van der Waals surface area contributed by atoms with E-state index in [1.165, 1.54) is 6.92 Å². The number of hydrogen-bond acceptors (Lipinski definition) is 7. The number of hydrogen-bond donors (Lipinski definition) is 4. The lowest BCUT2D eigenvalue weighted by molar-refractivity contribution is -0.130. The van der Waals surface area contributed by atoms with E-state index >= 15 is 0 Å². The summed E-state index contributed by atoms with van der Waals surface area (Å²) < 4.78 is 30.4. The second-order valence-electron chi connectivity index (χ2n) is 12.4. The van der Waals surface area contributed by atoms with Gasteiger partial charge in [-0.1, -0.05) is 62.4 Å². The maximum atomic E-state index is 13.3. The van der Waals surface area contributed by atoms with Crippen LogP contribution in [0, 0.1) is 5.92 Å². The van der Waals surface area contributed by atoms with Crippen LogP contribution in [0.2, 0.25) is 0 Å². The standard InChI is InChI=1S/C30H49N3O7S/c1-20(2)41(38,39)19-26(34)24(17-22-13-9-7-10-14-22)32-27(35)21(3)31-28(36)25(18-23-15-11-8-12-16-23)33-29(37)40-30(4,5)6/h8,11-12,15-16,20-22,24-26,34H,7,9-10,13-14,17-19H2,1-6H3,(H,31,36)(H,32,35)(H,33,37)/t21-,24-,25-,26-/m0/s1. The molecule has 0 heterocycles. The molecule has 232 valence electrons. The molecule has 3 amide bonds. The summed E-state index contributed by atoms with van der Waals surface area (Å²) in [5.41, 5.74) is 0.0465.